The van der Waals surface area contributed by atoms with Gasteiger partial charge in [-0.25, -0.2) is 4.98 Å². The summed E-state index contributed by atoms with van der Waals surface area (Å²) in [5.41, 5.74) is 3.24. The molecular weight excluding hydrogens is 242 g/mol. The lowest BCUT2D eigenvalue weighted by atomic mass is 10.2. The van der Waals surface area contributed by atoms with Gasteiger partial charge in [0.15, 0.2) is 0 Å². The average molecular weight is 261 g/mol. The number of aryl methyl sites for hydroxylation is 1. The Kier molecular flexibility index (Phi) is 4.44. The van der Waals surface area contributed by atoms with E-state index in [0.717, 1.165) is 29.4 Å². The molecular formula is C14H19N3S. The Morgan fingerprint density at radius 1 is 1.39 bits per heavy atom. The third-order valence-electron chi connectivity index (χ3n) is 2.80. The highest BCUT2D eigenvalue weighted by Gasteiger charge is 2.10. The average Bonchev–Trinajstić information content (AvgIpc) is 2.86. The van der Waals surface area contributed by atoms with E-state index >= 15 is 0 Å². The molecule has 0 saturated carbocycles. The maximum absolute atomic E-state index is 4.66. The number of hydrogen-bond acceptors (Lipinski definition) is 4. The monoisotopic (exact) mass is 261 g/mol. The number of pyridine rings is 1. The highest BCUT2D eigenvalue weighted by atomic mass is 32.1. The zero-order valence-corrected chi connectivity index (χ0v) is 11.9. The van der Waals surface area contributed by atoms with Crippen LogP contribution in [0.1, 0.15) is 37.6 Å². The third-order valence-corrected chi connectivity index (χ3v) is 3.68. The van der Waals surface area contributed by atoms with Crippen LogP contribution in [0.5, 0.6) is 0 Å². The fourth-order valence-corrected chi connectivity index (χ4v) is 2.55. The molecule has 4 heteroatoms. The molecule has 0 aliphatic rings. The number of nitrogens with one attached hydrogen (secondary N) is 1. The second-order valence-electron chi connectivity index (χ2n) is 4.47. The molecule has 0 radical (unpaired) electrons. The van der Waals surface area contributed by atoms with Crippen molar-refractivity contribution in [2.75, 3.05) is 6.54 Å². The van der Waals surface area contributed by atoms with Crippen molar-refractivity contribution >= 4 is 11.3 Å². The van der Waals surface area contributed by atoms with E-state index in [4.69, 9.17) is 0 Å². The Morgan fingerprint density at radius 2 is 2.22 bits per heavy atom. The molecule has 2 aromatic rings. The number of rotatable bonds is 5. The van der Waals surface area contributed by atoms with E-state index in [9.17, 15) is 0 Å². The van der Waals surface area contributed by atoms with Crippen LogP contribution in [0.25, 0.3) is 10.7 Å². The van der Waals surface area contributed by atoms with E-state index in [2.05, 4.69) is 40.6 Å². The molecule has 0 aliphatic heterocycles. The van der Waals surface area contributed by atoms with Gasteiger partial charge in [0.1, 0.15) is 5.01 Å². The zero-order valence-electron chi connectivity index (χ0n) is 11.1. The topological polar surface area (TPSA) is 37.8 Å². The highest BCUT2D eigenvalue weighted by molar-refractivity contribution is 7.13. The molecule has 96 valence electrons. The maximum atomic E-state index is 4.66. The van der Waals surface area contributed by atoms with Gasteiger partial charge >= 0.3 is 0 Å². The second-order valence-corrected chi connectivity index (χ2v) is 5.33. The lowest BCUT2D eigenvalue weighted by Gasteiger charge is -2.09. The maximum Gasteiger partial charge on any atom is 0.142 e. The van der Waals surface area contributed by atoms with Crippen molar-refractivity contribution in [2.45, 2.75) is 33.2 Å². The van der Waals surface area contributed by atoms with Crippen molar-refractivity contribution in [3.63, 3.8) is 0 Å². The predicted octanol–water partition coefficient (Wildman–Crippen LogP) is 3.57. The highest BCUT2D eigenvalue weighted by Crippen LogP contribution is 2.24. The SMILES string of the molecule is CCCNC(C)c1csc(-c2ccc(C)cn2)n1. The van der Waals surface area contributed by atoms with E-state index in [1.807, 2.05) is 19.2 Å². The minimum atomic E-state index is 0.306. The summed E-state index contributed by atoms with van der Waals surface area (Å²) in [7, 11) is 0. The Labute approximate surface area is 112 Å². The van der Waals surface area contributed by atoms with Gasteiger partial charge in [-0.1, -0.05) is 13.0 Å². The lowest BCUT2D eigenvalue weighted by Crippen LogP contribution is -2.19. The van der Waals surface area contributed by atoms with Crippen LogP contribution >= 0.6 is 11.3 Å². The Balaban J connectivity index is 2.12. The minimum absolute atomic E-state index is 0.306. The second kappa shape index (κ2) is 6.07. The molecule has 0 fully saturated rings. The predicted molar refractivity (Wildman–Crippen MR) is 76.8 cm³/mol. The standard InChI is InChI=1S/C14H19N3S/c1-4-7-15-11(3)13-9-18-14(17-13)12-6-5-10(2)8-16-12/h5-6,8-9,11,15H,4,7H2,1-3H3. The van der Waals surface area contributed by atoms with E-state index in [1.165, 1.54) is 5.56 Å². The van der Waals surface area contributed by atoms with Crippen molar-refractivity contribution in [2.24, 2.45) is 0 Å². The van der Waals surface area contributed by atoms with Gasteiger partial charge in [0.2, 0.25) is 0 Å². The molecule has 18 heavy (non-hydrogen) atoms. The van der Waals surface area contributed by atoms with Crippen LogP contribution in [0.2, 0.25) is 0 Å². The molecule has 0 spiro atoms. The first kappa shape index (κ1) is 13.2. The Bertz CT molecular complexity index is 490. The largest absolute Gasteiger partial charge is 0.309 e. The first-order valence-corrected chi connectivity index (χ1v) is 7.20. The van der Waals surface area contributed by atoms with Gasteiger partial charge < -0.3 is 5.32 Å². The van der Waals surface area contributed by atoms with Crippen molar-refractivity contribution < 1.29 is 0 Å². The van der Waals surface area contributed by atoms with E-state index in [0.29, 0.717) is 6.04 Å². The van der Waals surface area contributed by atoms with Gasteiger partial charge in [-0.15, -0.1) is 11.3 Å². The van der Waals surface area contributed by atoms with Crippen molar-refractivity contribution in [3.05, 3.63) is 35.0 Å². The molecule has 1 N–H and O–H groups in total. The van der Waals surface area contributed by atoms with Crippen LogP contribution in [-0.2, 0) is 0 Å². The zero-order chi connectivity index (χ0) is 13.0. The van der Waals surface area contributed by atoms with Crippen LogP contribution in [0.15, 0.2) is 23.7 Å². The first-order chi connectivity index (χ1) is 8.70. The van der Waals surface area contributed by atoms with E-state index in [1.54, 1.807) is 11.3 Å². The summed E-state index contributed by atoms with van der Waals surface area (Å²) in [6.07, 6.45) is 3.02. The van der Waals surface area contributed by atoms with Gasteiger partial charge in [-0.2, -0.15) is 0 Å². The molecule has 3 nitrogen and oxygen atoms in total. The number of thiazole rings is 1. The van der Waals surface area contributed by atoms with Crippen LogP contribution < -0.4 is 5.32 Å². The summed E-state index contributed by atoms with van der Waals surface area (Å²) in [5.74, 6) is 0. The lowest BCUT2D eigenvalue weighted by molar-refractivity contribution is 0.561. The molecule has 2 aromatic heterocycles. The third kappa shape index (κ3) is 3.15. The fourth-order valence-electron chi connectivity index (χ4n) is 1.66. The minimum Gasteiger partial charge on any atom is -0.309 e. The molecule has 0 saturated heterocycles. The van der Waals surface area contributed by atoms with Crippen LogP contribution in [0.3, 0.4) is 0 Å². The van der Waals surface area contributed by atoms with Crippen molar-refractivity contribution in [1.82, 2.24) is 15.3 Å². The van der Waals surface area contributed by atoms with Crippen LogP contribution in [0.4, 0.5) is 0 Å². The molecule has 1 atom stereocenters. The smallest absolute Gasteiger partial charge is 0.142 e. The van der Waals surface area contributed by atoms with Gasteiger partial charge in [0.05, 0.1) is 11.4 Å². The molecule has 0 bridgehead atoms. The normalized spacial score (nSPS) is 12.6. The first-order valence-electron chi connectivity index (χ1n) is 6.32. The number of aromatic nitrogens is 2. The summed E-state index contributed by atoms with van der Waals surface area (Å²) in [6.45, 7) is 7.39. The van der Waals surface area contributed by atoms with Crippen LogP contribution in [-0.4, -0.2) is 16.5 Å². The molecule has 0 amide bonds. The van der Waals surface area contributed by atoms with Gasteiger partial charge in [-0.3, -0.25) is 4.98 Å². The van der Waals surface area contributed by atoms with E-state index < -0.39 is 0 Å². The summed E-state index contributed by atoms with van der Waals surface area (Å²) >= 11 is 1.66. The summed E-state index contributed by atoms with van der Waals surface area (Å²) in [4.78, 5) is 9.07. The number of hydrogen-bond donors (Lipinski definition) is 1. The van der Waals surface area contributed by atoms with Crippen molar-refractivity contribution in [3.8, 4) is 10.7 Å². The Hall–Kier alpha value is -1.26. The molecule has 2 heterocycles. The molecule has 0 aliphatic carbocycles. The number of nitrogens with zero attached hydrogens (tertiary/aromatic N) is 2. The van der Waals surface area contributed by atoms with Gasteiger partial charge in [0, 0.05) is 17.6 Å². The molecule has 2 rings (SSSR count). The summed E-state index contributed by atoms with van der Waals surface area (Å²) in [5, 5.41) is 6.56. The summed E-state index contributed by atoms with van der Waals surface area (Å²) < 4.78 is 0. The van der Waals surface area contributed by atoms with Crippen LogP contribution in [0, 0.1) is 6.92 Å². The van der Waals surface area contributed by atoms with Crippen molar-refractivity contribution in [1.29, 1.82) is 0 Å². The van der Waals surface area contributed by atoms with Gasteiger partial charge in [-0.05, 0) is 38.4 Å². The quantitative estimate of drug-likeness (QED) is 0.894. The van der Waals surface area contributed by atoms with E-state index in [-0.39, 0.29) is 0 Å². The Morgan fingerprint density at radius 3 is 2.89 bits per heavy atom. The fraction of sp³-hybridized carbons (Fsp3) is 0.429. The summed E-state index contributed by atoms with van der Waals surface area (Å²) in [6, 6.07) is 4.41. The van der Waals surface area contributed by atoms with Gasteiger partial charge in [0.25, 0.3) is 0 Å². The molecule has 1 unspecified atom stereocenters. The molecule has 0 aromatic carbocycles.